The number of benzene rings is 1. The van der Waals surface area contributed by atoms with Gasteiger partial charge in [-0.05, 0) is 39.2 Å². The van der Waals surface area contributed by atoms with Crippen molar-refractivity contribution in [2.24, 2.45) is 5.92 Å². The first-order chi connectivity index (χ1) is 13.8. The highest BCUT2D eigenvalue weighted by molar-refractivity contribution is 8.00. The molecule has 0 radical (unpaired) electrons. The molecule has 1 aromatic heterocycles. The summed E-state index contributed by atoms with van der Waals surface area (Å²) >= 11 is 2.95. The smallest absolute Gasteiger partial charge is 0.410 e. The Morgan fingerprint density at radius 2 is 2.03 bits per heavy atom. The normalized spacial score (nSPS) is 17.1. The zero-order valence-corrected chi connectivity index (χ0v) is 18.5. The van der Waals surface area contributed by atoms with E-state index < -0.39 is 5.60 Å². The molecule has 156 valence electrons. The van der Waals surface area contributed by atoms with E-state index in [-0.39, 0.29) is 17.9 Å². The van der Waals surface area contributed by atoms with Crippen LogP contribution in [0, 0.1) is 5.92 Å². The fraction of sp³-hybridized carbons (Fsp3) is 0.500. The fourth-order valence-corrected chi connectivity index (χ4v) is 4.64. The van der Waals surface area contributed by atoms with E-state index in [1.54, 1.807) is 16.7 Å². The average molecular weight is 435 g/mol. The Bertz CT molecular complexity index is 836. The number of carbonyl (C=O) groups excluding carboxylic acids is 2. The van der Waals surface area contributed by atoms with Crippen LogP contribution in [0.4, 0.5) is 9.93 Å². The summed E-state index contributed by atoms with van der Waals surface area (Å²) in [4.78, 5) is 26.5. The summed E-state index contributed by atoms with van der Waals surface area (Å²) < 4.78 is 6.23. The van der Waals surface area contributed by atoms with Gasteiger partial charge < -0.3 is 15.0 Å². The van der Waals surface area contributed by atoms with E-state index >= 15 is 0 Å². The molecular weight excluding hydrogens is 408 g/mol. The predicted molar refractivity (Wildman–Crippen MR) is 115 cm³/mol. The molecule has 1 fully saturated rings. The van der Waals surface area contributed by atoms with Gasteiger partial charge in [-0.3, -0.25) is 4.79 Å². The summed E-state index contributed by atoms with van der Waals surface area (Å²) in [6.45, 7) is 6.47. The van der Waals surface area contributed by atoms with Crippen LogP contribution in [0.25, 0.3) is 0 Å². The molecule has 2 amide bonds. The molecule has 29 heavy (non-hydrogen) atoms. The van der Waals surface area contributed by atoms with Crippen molar-refractivity contribution in [3.8, 4) is 0 Å². The number of thioether (sulfide) groups is 1. The summed E-state index contributed by atoms with van der Waals surface area (Å²) in [5, 5.41) is 11.6. The predicted octanol–water partition coefficient (Wildman–Crippen LogP) is 4.42. The summed E-state index contributed by atoms with van der Waals surface area (Å²) in [6, 6.07) is 10.1. The number of hydrogen-bond acceptors (Lipinski definition) is 7. The number of ether oxygens (including phenoxy) is 1. The van der Waals surface area contributed by atoms with Crippen molar-refractivity contribution in [2.45, 2.75) is 49.3 Å². The lowest BCUT2D eigenvalue weighted by molar-refractivity contribution is -0.121. The number of aromatic nitrogens is 2. The summed E-state index contributed by atoms with van der Waals surface area (Å²) in [6.07, 6.45) is 1.14. The Morgan fingerprint density at radius 1 is 1.28 bits per heavy atom. The van der Waals surface area contributed by atoms with Crippen molar-refractivity contribution >= 4 is 40.2 Å². The number of nitrogens with zero attached hydrogens (tertiary/aromatic N) is 3. The van der Waals surface area contributed by atoms with E-state index in [9.17, 15) is 9.59 Å². The summed E-state index contributed by atoms with van der Waals surface area (Å²) in [7, 11) is 0. The first-order valence-electron chi connectivity index (χ1n) is 9.59. The number of carbonyl (C=O) groups is 2. The number of piperidine rings is 1. The molecule has 1 aliphatic rings. The number of likely N-dealkylation sites (tertiary alicyclic amines) is 1. The van der Waals surface area contributed by atoms with Crippen molar-refractivity contribution in [2.75, 3.05) is 18.4 Å². The summed E-state index contributed by atoms with van der Waals surface area (Å²) in [5.41, 5.74) is 0.662. The van der Waals surface area contributed by atoms with Gasteiger partial charge in [0.2, 0.25) is 11.0 Å². The van der Waals surface area contributed by atoms with Gasteiger partial charge >= 0.3 is 6.09 Å². The molecule has 0 aliphatic carbocycles. The van der Waals surface area contributed by atoms with Crippen LogP contribution in [-0.2, 0) is 15.3 Å². The first kappa shape index (κ1) is 21.6. The van der Waals surface area contributed by atoms with Gasteiger partial charge in [0.05, 0.1) is 5.92 Å². The Labute approximate surface area is 179 Å². The third kappa shape index (κ3) is 6.71. The molecular formula is C20H26N4O3S2. The summed E-state index contributed by atoms with van der Waals surface area (Å²) in [5.74, 6) is 0.395. The number of anilines is 1. The minimum absolute atomic E-state index is 0.131. The van der Waals surface area contributed by atoms with Gasteiger partial charge in [-0.25, -0.2) is 4.79 Å². The van der Waals surface area contributed by atoms with Crippen LogP contribution < -0.4 is 5.32 Å². The van der Waals surface area contributed by atoms with Crippen molar-refractivity contribution in [1.82, 2.24) is 15.1 Å². The fourth-order valence-electron chi connectivity index (χ4n) is 2.93. The monoisotopic (exact) mass is 434 g/mol. The van der Waals surface area contributed by atoms with Crippen molar-refractivity contribution in [3.63, 3.8) is 0 Å². The van der Waals surface area contributed by atoms with E-state index in [4.69, 9.17) is 4.74 Å². The largest absolute Gasteiger partial charge is 0.444 e. The van der Waals surface area contributed by atoms with Crippen molar-refractivity contribution in [3.05, 3.63) is 35.9 Å². The lowest BCUT2D eigenvalue weighted by atomic mass is 9.97. The van der Waals surface area contributed by atoms with Gasteiger partial charge in [-0.15, -0.1) is 10.2 Å². The van der Waals surface area contributed by atoms with E-state index in [0.717, 1.165) is 22.9 Å². The Morgan fingerprint density at radius 3 is 2.76 bits per heavy atom. The minimum atomic E-state index is -0.549. The molecule has 3 rings (SSSR count). The standard InChI is InChI=1S/C20H26N4O3S2/c1-20(2,3)27-19(26)24-11-7-10-15(12-24)16(25)21-17-22-23-18(29-17)28-13-14-8-5-4-6-9-14/h4-6,8-9,15H,7,10-13H2,1-3H3,(H,21,22,25). The average Bonchev–Trinajstić information content (AvgIpc) is 3.13. The molecule has 1 atom stereocenters. The second kappa shape index (κ2) is 9.58. The van der Waals surface area contributed by atoms with Crippen LogP contribution in [0.15, 0.2) is 34.7 Å². The molecule has 1 unspecified atom stereocenters. The van der Waals surface area contributed by atoms with Crippen LogP contribution in [0.3, 0.4) is 0 Å². The molecule has 0 saturated carbocycles. The van der Waals surface area contributed by atoms with Gasteiger partial charge in [0.1, 0.15) is 5.60 Å². The molecule has 0 bridgehead atoms. The maximum absolute atomic E-state index is 12.7. The molecule has 1 saturated heterocycles. The highest BCUT2D eigenvalue weighted by Gasteiger charge is 2.31. The molecule has 2 heterocycles. The highest BCUT2D eigenvalue weighted by atomic mass is 32.2. The Kier molecular flexibility index (Phi) is 7.13. The SMILES string of the molecule is CC(C)(C)OC(=O)N1CCCC(C(=O)Nc2nnc(SCc3ccccc3)s2)C1. The van der Waals surface area contributed by atoms with Gasteiger partial charge in [0, 0.05) is 18.8 Å². The first-order valence-corrected chi connectivity index (χ1v) is 11.4. The van der Waals surface area contributed by atoms with E-state index in [0.29, 0.717) is 18.2 Å². The van der Waals surface area contributed by atoms with Gasteiger partial charge in [-0.1, -0.05) is 53.4 Å². The quantitative estimate of drug-likeness (QED) is 0.554. The van der Waals surface area contributed by atoms with Crippen LogP contribution in [0.5, 0.6) is 0 Å². The van der Waals surface area contributed by atoms with Gasteiger partial charge in [-0.2, -0.15) is 0 Å². The number of nitrogens with one attached hydrogen (secondary N) is 1. The zero-order chi connectivity index (χ0) is 20.9. The maximum atomic E-state index is 12.7. The third-order valence-corrected chi connectivity index (χ3v) is 6.33. The molecule has 7 nitrogen and oxygen atoms in total. The minimum Gasteiger partial charge on any atom is -0.444 e. The Hall–Kier alpha value is -2.13. The van der Waals surface area contributed by atoms with Crippen LogP contribution in [0.1, 0.15) is 39.2 Å². The zero-order valence-electron chi connectivity index (χ0n) is 16.9. The van der Waals surface area contributed by atoms with Gasteiger partial charge in [0.15, 0.2) is 4.34 Å². The van der Waals surface area contributed by atoms with Crippen LogP contribution in [0.2, 0.25) is 0 Å². The molecule has 0 spiro atoms. The second-order valence-corrected chi connectivity index (χ2v) is 10.1. The van der Waals surface area contributed by atoms with E-state index in [1.165, 1.54) is 16.9 Å². The highest BCUT2D eigenvalue weighted by Crippen LogP contribution is 2.29. The second-order valence-electron chi connectivity index (χ2n) is 7.90. The van der Waals surface area contributed by atoms with Crippen LogP contribution >= 0.6 is 23.1 Å². The van der Waals surface area contributed by atoms with Crippen LogP contribution in [-0.4, -0.2) is 45.8 Å². The number of rotatable bonds is 5. The lowest BCUT2D eigenvalue weighted by Crippen LogP contribution is -2.45. The van der Waals surface area contributed by atoms with Gasteiger partial charge in [0.25, 0.3) is 0 Å². The number of amides is 2. The third-order valence-electron chi connectivity index (χ3n) is 4.29. The topological polar surface area (TPSA) is 84.4 Å². The van der Waals surface area contributed by atoms with E-state index in [2.05, 4.69) is 27.6 Å². The van der Waals surface area contributed by atoms with Crippen molar-refractivity contribution in [1.29, 1.82) is 0 Å². The number of hydrogen-bond donors (Lipinski definition) is 1. The maximum Gasteiger partial charge on any atom is 0.410 e. The molecule has 2 aromatic rings. The lowest BCUT2D eigenvalue weighted by Gasteiger charge is -2.33. The molecule has 9 heteroatoms. The Balaban J connectivity index is 1.51. The van der Waals surface area contributed by atoms with E-state index in [1.807, 2.05) is 39.0 Å². The molecule has 1 aliphatic heterocycles. The van der Waals surface area contributed by atoms with Crippen molar-refractivity contribution < 1.29 is 14.3 Å². The molecule has 1 aromatic carbocycles. The molecule has 1 N–H and O–H groups in total.